The molecule has 2 atom stereocenters. The summed E-state index contributed by atoms with van der Waals surface area (Å²) < 4.78 is 0. The molecule has 0 aromatic heterocycles. The van der Waals surface area contributed by atoms with Gasteiger partial charge in [0.2, 0.25) is 0 Å². The van der Waals surface area contributed by atoms with E-state index < -0.39 is 6.09 Å². The topological polar surface area (TPSA) is 52.6 Å². The highest BCUT2D eigenvalue weighted by molar-refractivity contribution is 5.65. The molecule has 0 saturated carbocycles. The number of fused-ring (bicyclic) bond motifs is 2. The minimum absolute atomic E-state index is 0.421. The maximum atomic E-state index is 10.6. The number of likely N-dealkylation sites (tertiary alicyclic amines) is 1. The van der Waals surface area contributed by atoms with Gasteiger partial charge in [-0.15, -0.1) is 0 Å². The van der Waals surface area contributed by atoms with E-state index in [1.807, 2.05) is 0 Å². The molecule has 0 aromatic rings. The molecule has 2 rings (SSSR count). The second-order valence-electron chi connectivity index (χ2n) is 3.39. The second-order valence-corrected chi connectivity index (χ2v) is 3.39. The van der Waals surface area contributed by atoms with Crippen molar-refractivity contribution in [3.05, 3.63) is 0 Å². The Hall–Kier alpha value is -0.770. The van der Waals surface area contributed by atoms with Crippen LogP contribution in [-0.4, -0.2) is 41.8 Å². The first kappa shape index (κ1) is 6.91. The normalized spacial score (nSPS) is 35.8. The van der Waals surface area contributed by atoms with Crippen molar-refractivity contribution in [2.75, 3.05) is 19.6 Å². The zero-order valence-electron chi connectivity index (χ0n) is 6.29. The van der Waals surface area contributed by atoms with Crippen molar-refractivity contribution in [1.82, 2.24) is 10.2 Å². The fraction of sp³-hybridized carbons (Fsp3) is 0.857. The van der Waals surface area contributed by atoms with Crippen LogP contribution in [0, 0.1) is 5.92 Å². The SMILES string of the molecule is O=C(O)N1C[C@@H]2CN[C@@H](C2)C1. The molecule has 2 fully saturated rings. The van der Waals surface area contributed by atoms with E-state index in [2.05, 4.69) is 5.32 Å². The molecular weight excluding hydrogens is 144 g/mol. The summed E-state index contributed by atoms with van der Waals surface area (Å²) in [6.07, 6.45) is 0.382. The molecule has 0 radical (unpaired) electrons. The highest BCUT2D eigenvalue weighted by Crippen LogP contribution is 2.21. The molecule has 4 heteroatoms. The molecule has 2 bridgehead atoms. The summed E-state index contributed by atoms with van der Waals surface area (Å²) in [5.74, 6) is 0.560. The predicted molar refractivity (Wildman–Crippen MR) is 39.5 cm³/mol. The number of hydrogen-bond donors (Lipinski definition) is 2. The standard InChI is InChI=1S/C7H12N2O2/c10-7(11)9-3-5-1-6(4-9)8-2-5/h5-6,8H,1-4H2,(H,10,11)/t5-,6-/m0/s1. The van der Waals surface area contributed by atoms with E-state index in [0.29, 0.717) is 18.5 Å². The first-order valence-electron chi connectivity index (χ1n) is 3.97. The second kappa shape index (κ2) is 2.37. The van der Waals surface area contributed by atoms with Crippen LogP contribution >= 0.6 is 0 Å². The summed E-state index contributed by atoms with van der Waals surface area (Å²) in [5, 5.41) is 12.0. The number of carbonyl (C=O) groups is 1. The van der Waals surface area contributed by atoms with Crippen molar-refractivity contribution < 1.29 is 9.90 Å². The molecule has 4 nitrogen and oxygen atoms in total. The van der Waals surface area contributed by atoms with Gasteiger partial charge in [0.05, 0.1) is 0 Å². The fourth-order valence-electron chi connectivity index (χ4n) is 1.99. The molecular formula is C7H12N2O2. The summed E-state index contributed by atoms with van der Waals surface area (Å²) in [7, 11) is 0. The number of nitrogens with zero attached hydrogens (tertiary/aromatic N) is 1. The summed E-state index contributed by atoms with van der Waals surface area (Å²) >= 11 is 0. The maximum Gasteiger partial charge on any atom is 0.407 e. The van der Waals surface area contributed by atoms with Crippen molar-refractivity contribution >= 4 is 6.09 Å². The third-order valence-electron chi connectivity index (χ3n) is 2.50. The minimum atomic E-state index is -0.775. The van der Waals surface area contributed by atoms with Gasteiger partial charge in [0.15, 0.2) is 0 Å². The lowest BCUT2D eigenvalue weighted by Gasteiger charge is -2.28. The average Bonchev–Trinajstić information content (AvgIpc) is 2.30. The van der Waals surface area contributed by atoms with Gasteiger partial charge in [-0.3, -0.25) is 0 Å². The Morgan fingerprint density at radius 3 is 3.00 bits per heavy atom. The summed E-state index contributed by atoms with van der Waals surface area (Å²) in [6.45, 7) is 2.39. The average molecular weight is 156 g/mol. The number of piperidine rings is 1. The van der Waals surface area contributed by atoms with Crippen molar-refractivity contribution in [2.24, 2.45) is 5.92 Å². The Labute approximate surface area is 65.2 Å². The van der Waals surface area contributed by atoms with Gasteiger partial charge >= 0.3 is 6.09 Å². The van der Waals surface area contributed by atoms with Crippen LogP contribution in [0.25, 0.3) is 0 Å². The number of carboxylic acid groups (broad SMARTS) is 1. The van der Waals surface area contributed by atoms with Crippen LogP contribution < -0.4 is 5.32 Å². The molecule has 1 amide bonds. The molecule has 62 valence electrons. The molecule has 0 unspecified atom stereocenters. The lowest BCUT2D eigenvalue weighted by Crippen LogP contribution is -2.43. The van der Waals surface area contributed by atoms with Gasteiger partial charge in [-0.1, -0.05) is 0 Å². The molecule has 0 spiro atoms. The first-order valence-corrected chi connectivity index (χ1v) is 3.97. The Balaban J connectivity index is 2.02. The summed E-state index contributed by atoms with van der Waals surface area (Å²) in [5.41, 5.74) is 0. The zero-order valence-corrected chi connectivity index (χ0v) is 6.29. The number of rotatable bonds is 0. The monoisotopic (exact) mass is 156 g/mol. The lowest BCUT2D eigenvalue weighted by molar-refractivity contribution is 0.126. The molecule has 2 saturated heterocycles. The lowest BCUT2D eigenvalue weighted by atomic mass is 10.0. The van der Waals surface area contributed by atoms with Gasteiger partial charge in [-0.25, -0.2) is 4.79 Å². The maximum absolute atomic E-state index is 10.6. The fourth-order valence-corrected chi connectivity index (χ4v) is 1.99. The van der Waals surface area contributed by atoms with E-state index >= 15 is 0 Å². The molecule has 2 heterocycles. The van der Waals surface area contributed by atoms with Gasteiger partial charge < -0.3 is 15.3 Å². The van der Waals surface area contributed by atoms with E-state index in [1.54, 1.807) is 0 Å². The van der Waals surface area contributed by atoms with E-state index in [1.165, 1.54) is 4.90 Å². The molecule has 0 aliphatic carbocycles. The van der Waals surface area contributed by atoms with Crippen LogP contribution in [0.5, 0.6) is 0 Å². The minimum Gasteiger partial charge on any atom is -0.465 e. The van der Waals surface area contributed by atoms with Crippen LogP contribution in [0.2, 0.25) is 0 Å². The molecule has 2 N–H and O–H groups in total. The molecule has 0 aromatic carbocycles. The van der Waals surface area contributed by atoms with E-state index in [0.717, 1.165) is 19.5 Å². The Morgan fingerprint density at radius 2 is 2.36 bits per heavy atom. The Bertz CT molecular complexity index is 171. The van der Waals surface area contributed by atoms with Crippen LogP contribution in [0.3, 0.4) is 0 Å². The van der Waals surface area contributed by atoms with Crippen molar-refractivity contribution in [3.63, 3.8) is 0 Å². The van der Waals surface area contributed by atoms with Crippen molar-refractivity contribution in [1.29, 1.82) is 0 Å². The summed E-state index contributed by atoms with van der Waals surface area (Å²) in [4.78, 5) is 12.1. The van der Waals surface area contributed by atoms with Gasteiger partial charge in [0, 0.05) is 25.7 Å². The molecule has 2 aliphatic rings. The highest BCUT2D eigenvalue weighted by atomic mass is 16.4. The van der Waals surface area contributed by atoms with Crippen LogP contribution in [0.15, 0.2) is 0 Å². The van der Waals surface area contributed by atoms with Crippen molar-refractivity contribution in [3.8, 4) is 0 Å². The van der Waals surface area contributed by atoms with E-state index in [9.17, 15) is 4.79 Å². The third-order valence-corrected chi connectivity index (χ3v) is 2.50. The molecule has 11 heavy (non-hydrogen) atoms. The zero-order chi connectivity index (χ0) is 7.84. The Kier molecular flexibility index (Phi) is 1.49. The van der Waals surface area contributed by atoms with E-state index in [4.69, 9.17) is 5.11 Å². The third kappa shape index (κ3) is 1.18. The van der Waals surface area contributed by atoms with Crippen molar-refractivity contribution in [2.45, 2.75) is 12.5 Å². The van der Waals surface area contributed by atoms with Gasteiger partial charge in [-0.05, 0) is 12.3 Å². The smallest absolute Gasteiger partial charge is 0.407 e. The van der Waals surface area contributed by atoms with Gasteiger partial charge in [0.25, 0.3) is 0 Å². The predicted octanol–water partition coefficient (Wildman–Crippen LogP) is -0.0419. The Morgan fingerprint density at radius 1 is 1.55 bits per heavy atom. The number of hydrogen-bond acceptors (Lipinski definition) is 2. The highest BCUT2D eigenvalue weighted by Gasteiger charge is 2.34. The van der Waals surface area contributed by atoms with Gasteiger partial charge in [0.1, 0.15) is 0 Å². The van der Waals surface area contributed by atoms with Crippen LogP contribution in [-0.2, 0) is 0 Å². The van der Waals surface area contributed by atoms with Crippen LogP contribution in [0.1, 0.15) is 6.42 Å². The molecule has 2 aliphatic heterocycles. The number of amides is 1. The van der Waals surface area contributed by atoms with E-state index in [-0.39, 0.29) is 0 Å². The quantitative estimate of drug-likeness (QED) is 0.517. The first-order chi connectivity index (χ1) is 5.25. The largest absolute Gasteiger partial charge is 0.465 e. The summed E-state index contributed by atoms with van der Waals surface area (Å²) in [6, 6.07) is 0.421. The van der Waals surface area contributed by atoms with Gasteiger partial charge in [-0.2, -0.15) is 0 Å². The van der Waals surface area contributed by atoms with Crippen LogP contribution in [0.4, 0.5) is 4.79 Å². The number of nitrogens with one attached hydrogen (secondary N) is 1.